The van der Waals surface area contributed by atoms with Crippen LogP contribution in [0.25, 0.3) is 0 Å². The second-order valence-electron chi connectivity index (χ2n) is 5.18. The predicted octanol–water partition coefficient (Wildman–Crippen LogP) is 2.69. The molecule has 0 saturated carbocycles. The van der Waals surface area contributed by atoms with Crippen molar-refractivity contribution in [3.63, 3.8) is 0 Å². The van der Waals surface area contributed by atoms with Crippen molar-refractivity contribution >= 4 is 11.5 Å². The van der Waals surface area contributed by atoms with E-state index >= 15 is 0 Å². The molecule has 2 N–H and O–H groups in total. The first-order valence-corrected chi connectivity index (χ1v) is 6.77. The van der Waals surface area contributed by atoms with E-state index in [2.05, 4.69) is 23.7 Å². The van der Waals surface area contributed by atoms with Gasteiger partial charge in [-0.3, -0.25) is 0 Å². The summed E-state index contributed by atoms with van der Waals surface area (Å²) in [5.41, 5.74) is 6.47. The molecule has 1 aromatic heterocycles. The number of ether oxygens (including phenoxy) is 1. The molecule has 2 rings (SSSR count). The lowest BCUT2D eigenvalue weighted by Crippen LogP contribution is -2.41. The Bertz CT molecular complexity index is 408. The van der Waals surface area contributed by atoms with Crippen LogP contribution in [-0.2, 0) is 0 Å². The first-order chi connectivity index (χ1) is 8.61. The first-order valence-electron chi connectivity index (χ1n) is 6.77. The van der Waals surface area contributed by atoms with E-state index in [0.29, 0.717) is 24.2 Å². The maximum atomic E-state index is 5.86. The zero-order valence-electron chi connectivity index (χ0n) is 11.5. The third-order valence-corrected chi connectivity index (χ3v) is 3.57. The molecule has 18 heavy (non-hydrogen) atoms. The van der Waals surface area contributed by atoms with Gasteiger partial charge in [0.05, 0.1) is 12.3 Å². The standard InChI is InChI=1S/C14H23N3O/c1-4-18-14-12(15)7-8-13(16-14)17-9-10(2)5-6-11(17)3/h7-8,10-11H,4-6,9,15H2,1-3H3. The van der Waals surface area contributed by atoms with Gasteiger partial charge in [0.25, 0.3) is 0 Å². The highest BCUT2D eigenvalue weighted by atomic mass is 16.5. The molecule has 1 aliphatic heterocycles. The number of nitrogens with zero attached hydrogens (tertiary/aromatic N) is 2. The lowest BCUT2D eigenvalue weighted by atomic mass is 9.95. The topological polar surface area (TPSA) is 51.4 Å². The van der Waals surface area contributed by atoms with Crippen molar-refractivity contribution in [1.29, 1.82) is 0 Å². The van der Waals surface area contributed by atoms with Gasteiger partial charge in [-0.25, -0.2) is 0 Å². The molecule has 1 saturated heterocycles. The summed E-state index contributed by atoms with van der Waals surface area (Å²) >= 11 is 0. The summed E-state index contributed by atoms with van der Waals surface area (Å²) in [5.74, 6) is 2.25. The quantitative estimate of drug-likeness (QED) is 0.895. The zero-order valence-corrected chi connectivity index (χ0v) is 11.5. The fourth-order valence-corrected chi connectivity index (χ4v) is 2.46. The second-order valence-corrected chi connectivity index (χ2v) is 5.18. The number of rotatable bonds is 3. The minimum absolute atomic E-state index is 0.534. The molecule has 100 valence electrons. The first kappa shape index (κ1) is 13.0. The Morgan fingerprint density at radius 1 is 1.39 bits per heavy atom. The molecular weight excluding hydrogens is 226 g/mol. The van der Waals surface area contributed by atoms with Gasteiger partial charge in [0.15, 0.2) is 0 Å². The smallest absolute Gasteiger partial charge is 0.239 e. The average Bonchev–Trinajstić information content (AvgIpc) is 2.35. The van der Waals surface area contributed by atoms with Crippen molar-refractivity contribution in [3.8, 4) is 5.88 Å². The largest absolute Gasteiger partial charge is 0.476 e. The summed E-state index contributed by atoms with van der Waals surface area (Å²) in [6, 6.07) is 4.41. The Kier molecular flexibility index (Phi) is 3.94. The van der Waals surface area contributed by atoms with Gasteiger partial charge >= 0.3 is 0 Å². The van der Waals surface area contributed by atoms with Gasteiger partial charge in [0.1, 0.15) is 5.82 Å². The van der Waals surface area contributed by atoms with Crippen LogP contribution >= 0.6 is 0 Å². The Labute approximate surface area is 109 Å². The van der Waals surface area contributed by atoms with Gasteiger partial charge < -0.3 is 15.4 Å². The fourth-order valence-electron chi connectivity index (χ4n) is 2.46. The van der Waals surface area contributed by atoms with Crippen molar-refractivity contribution < 1.29 is 4.74 Å². The molecule has 2 unspecified atom stereocenters. The highest BCUT2D eigenvalue weighted by Crippen LogP contribution is 2.29. The summed E-state index contributed by atoms with van der Waals surface area (Å²) in [5, 5.41) is 0. The average molecular weight is 249 g/mol. The van der Waals surface area contributed by atoms with E-state index in [0.717, 1.165) is 18.3 Å². The van der Waals surface area contributed by atoms with Gasteiger partial charge in [-0.1, -0.05) is 6.92 Å². The molecular formula is C14H23N3O. The number of hydrogen-bond acceptors (Lipinski definition) is 4. The van der Waals surface area contributed by atoms with E-state index < -0.39 is 0 Å². The Hall–Kier alpha value is -1.45. The third kappa shape index (κ3) is 2.68. The van der Waals surface area contributed by atoms with Crippen molar-refractivity contribution in [2.45, 2.75) is 39.7 Å². The van der Waals surface area contributed by atoms with Crippen LogP contribution in [0.1, 0.15) is 33.6 Å². The SMILES string of the molecule is CCOc1nc(N2CC(C)CCC2C)ccc1N. The Morgan fingerprint density at radius 2 is 2.17 bits per heavy atom. The van der Waals surface area contributed by atoms with E-state index in [9.17, 15) is 0 Å². The van der Waals surface area contributed by atoms with E-state index in [1.807, 2.05) is 19.1 Å². The van der Waals surface area contributed by atoms with Gasteiger partial charge in [0, 0.05) is 12.6 Å². The lowest BCUT2D eigenvalue weighted by Gasteiger charge is -2.37. The lowest BCUT2D eigenvalue weighted by molar-refractivity contribution is 0.327. The van der Waals surface area contributed by atoms with Gasteiger partial charge in [-0.15, -0.1) is 0 Å². The van der Waals surface area contributed by atoms with Crippen LogP contribution in [0.15, 0.2) is 12.1 Å². The molecule has 2 atom stereocenters. The summed E-state index contributed by atoms with van der Waals surface area (Å²) in [7, 11) is 0. The highest BCUT2D eigenvalue weighted by Gasteiger charge is 2.24. The molecule has 1 aliphatic rings. The number of anilines is 2. The minimum Gasteiger partial charge on any atom is -0.476 e. The molecule has 1 aromatic rings. The number of nitrogens with two attached hydrogens (primary N) is 1. The predicted molar refractivity (Wildman–Crippen MR) is 75.0 cm³/mol. The van der Waals surface area contributed by atoms with E-state index in [4.69, 9.17) is 10.5 Å². The highest BCUT2D eigenvalue weighted by molar-refractivity contribution is 5.55. The number of hydrogen-bond donors (Lipinski definition) is 1. The van der Waals surface area contributed by atoms with Gasteiger partial charge in [0.2, 0.25) is 5.88 Å². The van der Waals surface area contributed by atoms with Crippen LogP contribution in [0.4, 0.5) is 11.5 Å². The van der Waals surface area contributed by atoms with Crippen LogP contribution in [0.3, 0.4) is 0 Å². The second kappa shape index (κ2) is 5.46. The molecule has 2 heterocycles. The number of piperidine rings is 1. The maximum Gasteiger partial charge on any atom is 0.239 e. The fraction of sp³-hybridized carbons (Fsp3) is 0.643. The van der Waals surface area contributed by atoms with E-state index in [-0.39, 0.29) is 0 Å². The molecule has 4 heteroatoms. The number of nitrogen functional groups attached to an aromatic ring is 1. The Morgan fingerprint density at radius 3 is 2.89 bits per heavy atom. The number of aromatic nitrogens is 1. The Balaban J connectivity index is 2.23. The van der Waals surface area contributed by atoms with Crippen molar-refractivity contribution in [3.05, 3.63) is 12.1 Å². The molecule has 0 aromatic carbocycles. The monoisotopic (exact) mass is 249 g/mol. The van der Waals surface area contributed by atoms with Crippen LogP contribution in [-0.4, -0.2) is 24.2 Å². The molecule has 0 aliphatic carbocycles. The minimum atomic E-state index is 0.534. The van der Waals surface area contributed by atoms with Crippen LogP contribution in [0.2, 0.25) is 0 Å². The van der Waals surface area contributed by atoms with Gasteiger partial charge in [-0.2, -0.15) is 4.98 Å². The molecule has 0 spiro atoms. The molecule has 1 fully saturated rings. The molecule has 0 amide bonds. The summed E-state index contributed by atoms with van der Waals surface area (Å²) < 4.78 is 5.47. The zero-order chi connectivity index (χ0) is 13.1. The molecule has 0 bridgehead atoms. The van der Waals surface area contributed by atoms with E-state index in [1.54, 1.807) is 0 Å². The normalized spacial score (nSPS) is 24.1. The summed E-state index contributed by atoms with van der Waals surface area (Å²) in [4.78, 5) is 6.91. The number of pyridine rings is 1. The van der Waals surface area contributed by atoms with Crippen molar-refractivity contribution in [1.82, 2.24) is 4.98 Å². The summed E-state index contributed by atoms with van der Waals surface area (Å²) in [6.07, 6.45) is 2.52. The van der Waals surface area contributed by atoms with Crippen molar-refractivity contribution in [2.75, 3.05) is 23.8 Å². The van der Waals surface area contributed by atoms with E-state index in [1.165, 1.54) is 12.8 Å². The third-order valence-electron chi connectivity index (χ3n) is 3.57. The molecule has 0 radical (unpaired) electrons. The molecule has 4 nitrogen and oxygen atoms in total. The van der Waals surface area contributed by atoms with Crippen LogP contribution in [0, 0.1) is 5.92 Å². The maximum absolute atomic E-state index is 5.86. The van der Waals surface area contributed by atoms with Crippen LogP contribution in [0.5, 0.6) is 5.88 Å². The summed E-state index contributed by atoms with van der Waals surface area (Å²) in [6.45, 7) is 8.14. The van der Waals surface area contributed by atoms with Gasteiger partial charge in [-0.05, 0) is 44.7 Å². The van der Waals surface area contributed by atoms with Crippen molar-refractivity contribution in [2.24, 2.45) is 5.92 Å². The van der Waals surface area contributed by atoms with Crippen LogP contribution < -0.4 is 15.4 Å².